The Hall–Kier alpha value is -2.12. The molecule has 0 fully saturated rings. The smallest absolute Gasteiger partial charge is 0.471 e. The van der Waals surface area contributed by atoms with Gasteiger partial charge in [0.25, 0.3) is 0 Å². The number of nitrogens with zero attached hydrogens (tertiary/aromatic N) is 1. The molecule has 0 bridgehead atoms. The van der Waals surface area contributed by atoms with Crippen molar-refractivity contribution in [3.63, 3.8) is 0 Å². The minimum absolute atomic E-state index is 0.0172. The van der Waals surface area contributed by atoms with Crippen molar-refractivity contribution in [3.8, 4) is 0 Å². The molecule has 8 heteroatoms. The lowest BCUT2D eigenvalue weighted by Gasteiger charge is -2.10. The average Bonchev–Trinajstić information content (AvgIpc) is 2.26. The summed E-state index contributed by atoms with van der Waals surface area (Å²) in [5.41, 5.74) is 0.234. The van der Waals surface area contributed by atoms with Crippen LogP contribution in [0.15, 0.2) is 18.3 Å². The molecular weight excluding hydrogens is 253 g/mol. The van der Waals surface area contributed by atoms with Crippen LogP contribution in [0.2, 0.25) is 0 Å². The quantitative estimate of drug-likeness (QED) is 0.863. The molecule has 18 heavy (non-hydrogen) atoms. The van der Waals surface area contributed by atoms with Crippen molar-refractivity contribution in [2.75, 3.05) is 5.32 Å². The molecule has 0 unspecified atom stereocenters. The second-order valence-corrected chi connectivity index (χ2v) is 3.36. The van der Waals surface area contributed by atoms with Crippen molar-refractivity contribution < 1.29 is 27.9 Å². The van der Waals surface area contributed by atoms with Crippen LogP contribution in [0.1, 0.15) is 12.0 Å². The van der Waals surface area contributed by atoms with Gasteiger partial charge >= 0.3 is 18.1 Å². The van der Waals surface area contributed by atoms with Crippen molar-refractivity contribution in [3.05, 3.63) is 23.9 Å². The summed E-state index contributed by atoms with van der Waals surface area (Å²) in [5.74, 6) is -3.51. The van der Waals surface area contributed by atoms with Crippen LogP contribution >= 0.6 is 0 Å². The van der Waals surface area contributed by atoms with E-state index in [1.165, 1.54) is 18.3 Å². The Labute approximate surface area is 99.6 Å². The standard InChI is InChI=1S/C10H9F3N2O3/c11-10(12,13)9(18)15-8-6(2-1-5-14-8)3-4-7(16)17/h1-2,5H,3-4H2,(H,16,17)(H,14,15,18). The first-order chi connectivity index (χ1) is 8.30. The Kier molecular flexibility index (Phi) is 4.24. The van der Waals surface area contributed by atoms with Gasteiger partial charge in [0.05, 0.1) is 0 Å². The molecule has 0 aliphatic carbocycles. The average molecular weight is 262 g/mol. The summed E-state index contributed by atoms with van der Waals surface area (Å²) in [7, 11) is 0. The molecule has 0 aliphatic rings. The highest BCUT2D eigenvalue weighted by atomic mass is 19.4. The van der Waals surface area contributed by atoms with Crippen molar-refractivity contribution in [2.24, 2.45) is 0 Å². The van der Waals surface area contributed by atoms with E-state index in [0.29, 0.717) is 0 Å². The van der Waals surface area contributed by atoms with Crippen LogP contribution in [0, 0.1) is 0 Å². The number of aromatic nitrogens is 1. The van der Waals surface area contributed by atoms with Gasteiger partial charge in [0.15, 0.2) is 0 Å². The van der Waals surface area contributed by atoms with Gasteiger partial charge in [-0.05, 0) is 18.1 Å². The Morgan fingerprint density at radius 1 is 1.39 bits per heavy atom. The third kappa shape index (κ3) is 4.04. The number of carbonyl (C=O) groups excluding carboxylic acids is 1. The maximum atomic E-state index is 12.0. The maximum Gasteiger partial charge on any atom is 0.471 e. The summed E-state index contributed by atoms with van der Waals surface area (Å²) in [6.45, 7) is 0. The van der Waals surface area contributed by atoms with E-state index >= 15 is 0 Å². The minimum Gasteiger partial charge on any atom is -0.481 e. The van der Waals surface area contributed by atoms with E-state index < -0.39 is 18.1 Å². The zero-order valence-electron chi connectivity index (χ0n) is 8.99. The second-order valence-electron chi connectivity index (χ2n) is 3.36. The molecule has 2 N–H and O–H groups in total. The number of rotatable bonds is 4. The van der Waals surface area contributed by atoms with E-state index in [0.717, 1.165) is 0 Å². The zero-order chi connectivity index (χ0) is 13.8. The molecule has 0 radical (unpaired) electrons. The molecule has 1 amide bonds. The van der Waals surface area contributed by atoms with Crippen LogP contribution < -0.4 is 5.32 Å². The van der Waals surface area contributed by atoms with Gasteiger partial charge in [0, 0.05) is 12.6 Å². The number of alkyl halides is 3. The van der Waals surface area contributed by atoms with Crippen molar-refractivity contribution in [1.29, 1.82) is 0 Å². The third-order valence-electron chi connectivity index (χ3n) is 1.99. The molecular formula is C10H9F3N2O3. The van der Waals surface area contributed by atoms with Gasteiger partial charge in [-0.1, -0.05) is 6.07 Å². The van der Waals surface area contributed by atoms with Gasteiger partial charge < -0.3 is 10.4 Å². The van der Waals surface area contributed by atoms with Crippen molar-refractivity contribution in [2.45, 2.75) is 19.0 Å². The van der Waals surface area contributed by atoms with Gasteiger partial charge in [-0.25, -0.2) is 4.98 Å². The van der Waals surface area contributed by atoms with Crippen molar-refractivity contribution in [1.82, 2.24) is 4.98 Å². The summed E-state index contributed by atoms with van der Waals surface area (Å²) >= 11 is 0. The number of hydrogen-bond acceptors (Lipinski definition) is 3. The van der Waals surface area contributed by atoms with Crippen LogP contribution in [0.3, 0.4) is 0 Å². The summed E-state index contributed by atoms with van der Waals surface area (Å²) in [4.78, 5) is 24.7. The maximum absolute atomic E-state index is 12.0. The SMILES string of the molecule is O=C(O)CCc1cccnc1NC(=O)C(F)(F)F. The molecule has 0 aliphatic heterocycles. The topological polar surface area (TPSA) is 79.3 Å². The highest BCUT2D eigenvalue weighted by molar-refractivity contribution is 5.94. The van der Waals surface area contributed by atoms with Gasteiger partial charge in [-0.2, -0.15) is 13.2 Å². The van der Waals surface area contributed by atoms with Crippen molar-refractivity contribution >= 4 is 17.7 Å². The van der Waals surface area contributed by atoms with Crippen LogP contribution in [-0.4, -0.2) is 28.1 Å². The van der Waals surface area contributed by atoms with Gasteiger partial charge in [0.2, 0.25) is 0 Å². The fourth-order valence-electron chi connectivity index (χ4n) is 1.17. The fourth-order valence-corrected chi connectivity index (χ4v) is 1.17. The number of anilines is 1. The summed E-state index contributed by atoms with van der Waals surface area (Å²) in [6, 6.07) is 2.85. The molecule has 1 aromatic rings. The van der Waals surface area contributed by atoms with E-state index in [2.05, 4.69) is 4.98 Å². The minimum atomic E-state index is -5.01. The van der Waals surface area contributed by atoms with Crippen LogP contribution in [0.4, 0.5) is 19.0 Å². The first-order valence-corrected chi connectivity index (χ1v) is 4.84. The number of aryl methyl sites for hydroxylation is 1. The molecule has 0 atom stereocenters. The van der Waals surface area contributed by atoms with E-state index in [1.54, 1.807) is 5.32 Å². The number of carboxylic acids is 1. The molecule has 1 rings (SSSR count). The first kappa shape index (κ1) is 13.9. The third-order valence-corrected chi connectivity index (χ3v) is 1.99. The highest BCUT2D eigenvalue weighted by Crippen LogP contribution is 2.20. The zero-order valence-corrected chi connectivity index (χ0v) is 8.99. The Balaban J connectivity index is 2.82. The molecule has 98 valence electrons. The second kappa shape index (κ2) is 5.48. The molecule has 0 spiro atoms. The largest absolute Gasteiger partial charge is 0.481 e. The van der Waals surface area contributed by atoms with E-state index in [1.807, 2.05) is 0 Å². The molecule has 5 nitrogen and oxygen atoms in total. The Morgan fingerprint density at radius 2 is 2.06 bits per heavy atom. The molecule has 1 heterocycles. The number of hydrogen-bond donors (Lipinski definition) is 2. The summed E-state index contributed by atoms with van der Waals surface area (Å²) < 4.78 is 36.1. The van der Waals surface area contributed by atoms with Crippen LogP contribution in [0.25, 0.3) is 0 Å². The molecule has 0 saturated carbocycles. The number of carbonyl (C=O) groups is 2. The Morgan fingerprint density at radius 3 is 2.61 bits per heavy atom. The number of nitrogens with one attached hydrogen (secondary N) is 1. The summed E-state index contributed by atoms with van der Waals surface area (Å²) in [5, 5.41) is 10.1. The number of aliphatic carboxylic acids is 1. The summed E-state index contributed by atoms with van der Waals surface area (Å²) in [6.07, 6.45) is -4.09. The lowest BCUT2D eigenvalue weighted by atomic mass is 10.1. The van der Waals surface area contributed by atoms with Gasteiger partial charge in [-0.3, -0.25) is 9.59 Å². The number of pyridine rings is 1. The number of amides is 1. The lowest BCUT2D eigenvalue weighted by Crippen LogP contribution is -2.30. The van der Waals surface area contributed by atoms with Gasteiger partial charge in [0.1, 0.15) is 5.82 Å². The van der Waals surface area contributed by atoms with E-state index in [-0.39, 0.29) is 24.2 Å². The predicted molar refractivity (Wildman–Crippen MR) is 54.9 cm³/mol. The number of carboxylic acid groups (broad SMARTS) is 1. The van der Waals surface area contributed by atoms with E-state index in [9.17, 15) is 22.8 Å². The van der Waals surface area contributed by atoms with Crippen LogP contribution in [0.5, 0.6) is 0 Å². The van der Waals surface area contributed by atoms with Crippen LogP contribution in [-0.2, 0) is 16.0 Å². The van der Waals surface area contributed by atoms with E-state index in [4.69, 9.17) is 5.11 Å². The number of halogens is 3. The first-order valence-electron chi connectivity index (χ1n) is 4.84. The molecule has 0 saturated heterocycles. The normalized spacial score (nSPS) is 11.1. The fraction of sp³-hybridized carbons (Fsp3) is 0.300. The highest BCUT2D eigenvalue weighted by Gasteiger charge is 2.39. The lowest BCUT2D eigenvalue weighted by molar-refractivity contribution is -0.167. The predicted octanol–water partition coefficient (Wildman–Crippen LogP) is 1.60. The molecule has 1 aromatic heterocycles. The molecule has 0 aromatic carbocycles. The Bertz CT molecular complexity index is 460. The monoisotopic (exact) mass is 262 g/mol. The van der Waals surface area contributed by atoms with Gasteiger partial charge in [-0.15, -0.1) is 0 Å².